The predicted molar refractivity (Wildman–Crippen MR) is 109 cm³/mol. The van der Waals surface area contributed by atoms with E-state index in [9.17, 15) is 4.79 Å². The van der Waals surface area contributed by atoms with Crippen molar-refractivity contribution in [1.29, 1.82) is 0 Å². The molecule has 0 saturated carbocycles. The third-order valence-electron chi connectivity index (χ3n) is 4.73. The van der Waals surface area contributed by atoms with Crippen LogP contribution in [0.3, 0.4) is 0 Å². The summed E-state index contributed by atoms with van der Waals surface area (Å²) in [6.07, 6.45) is 4.37. The highest BCUT2D eigenvalue weighted by molar-refractivity contribution is 5.84. The van der Waals surface area contributed by atoms with E-state index in [-0.39, 0.29) is 5.91 Å². The van der Waals surface area contributed by atoms with Gasteiger partial charge in [0, 0.05) is 33.2 Å². The summed E-state index contributed by atoms with van der Waals surface area (Å²) in [4.78, 5) is 18.8. The van der Waals surface area contributed by atoms with E-state index in [1.54, 1.807) is 7.05 Å². The molecule has 1 amide bonds. The average molecular weight is 357 g/mol. The molecule has 0 unspecified atom stereocenters. The smallest absolute Gasteiger partial charge is 0.227 e. The van der Waals surface area contributed by atoms with E-state index >= 15 is 0 Å². The summed E-state index contributed by atoms with van der Waals surface area (Å²) in [5, 5.41) is 6.28. The number of aliphatic imine (C=N–C) groups is 1. The van der Waals surface area contributed by atoms with E-state index in [0.717, 1.165) is 31.9 Å². The number of benzene rings is 1. The number of likely N-dealkylation sites (tertiary alicyclic amines) is 1. The van der Waals surface area contributed by atoms with Gasteiger partial charge in [0.15, 0.2) is 5.96 Å². The van der Waals surface area contributed by atoms with Crippen molar-refractivity contribution in [3.05, 3.63) is 41.5 Å². The van der Waals surface area contributed by atoms with Crippen molar-refractivity contribution in [1.82, 2.24) is 15.5 Å². The fourth-order valence-electron chi connectivity index (χ4n) is 3.05. The number of nitrogens with one attached hydrogen (secondary N) is 2. The van der Waals surface area contributed by atoms with Crippen LogP contribution in [0.15, 0.2) is 40.9 Å². The Bertz CT molecular complexity index is 639. The van der Waals surface area contributed by atoms with E-state index in [1.807, 2.05) is 26.8 Å². The first-order chi connectivity index (χ1) is 12.5. The van der Waals surface area contributed by atoms with Gasteiger partial charge in [-0.25, -0.2) is 0 Å². The van der Waals surface area contributed by atoms with Crippen LogP contribution in [-0.4, -0.2) is 50.0 Å². The van der Waals surface area contributed by atoms with Gasteiger partial charge in [-0.15, -0.1) is 0 Å². The molecular weight excluding hydrogens is 324 g/mol. The molecule has 26 heavy (non-hydrogen) atoms. The minimum absolute atomic E-state index is 0.0645. The average Bonchev–Trinajstić information content (AvgIpc) is 2.64. The molecule has 1 aromatic carbocycles. The first-order valence-electron chi connectivity index (χ1n) is 9.44. The molecule has 142 valence electrons. The van der Waals surface area contributed by atoms with Gasteiger partial charge in [0.05, 0.1) is 5.41 Å². The minimum atomic E-state index is -0.472. The number of guanidine groups is 1. The second-order valence-electron chi connectivity index (χ2n) is 7.34. The zero-order valence-corrected chi connectivity index (χ0v) is 16.5. The Balaban J connectivity index is 1.88. The van der Waals surface area contributed by atoms with Gasteiger partial charge < -0.3 is 15.5 Å². The summed E-state index contributed by atoms with van der Waals surface area (Å²) in [5.74, 6) is 0.941. The Hall–Kier alpha value is -2.30. The first-order valence-corrected chi connectivity index (χ1v) is 9.44. The Kier molecular flexibility index (Phi) is 7.25. The van der Waals surface area contributed by atoms with Gasteiger partial charge in [-0.1, -0.05) is 42.0 Å². The summed E-state index contributed by atoms with van der Waals surface area (Å²) in [6, 6.07) is 10.5. The van der Waals surface area contributed by atoms with Gasteiger partial charge in [0.2, 0.25) is 5.91 Å². The second-order valence-corrected chi connectivity index (χ2v) is 7.34. The topological polar surface area (TPSA) is 56.7 Å². The fraction of sp³-hybridized carbons (Fsp3) is 0.524. The third kappa shape index (κ3) is 5.61. The van der Waals surface area contributed by atoms with Gasteiger partial charge in [0.1, 0.15) is 0 Å². The molecule has 0 aliphatic carbocycles. The van der Waals surface area contributed by atoms with Crippen molar-refractivity contribution in [3.8, 4) is 0 Å². The van der Waals surface area contributed by atoms with Crippen LogP contribution in [0, 0.1) is 5.41 Å². The largest absolute Gasteiger partial charge is 0.356 e. The lowest BCUT2D eigenvalue weighted by molar-refractivity contribution is -0.128. The maximum absolute atomic E-state index is 12.1. The Labute approximate surface area is 157 Å². The first kappa shape index (κ1) is 20.0. The standard InChI is InChI=1S/C21H32N4O/c1-5-23-19(26)21(2,3)16-24-20(22-4)25-13-11-18(12-14-25)15-17-9-7-6-8-10-17/h6-10,15H,5,11-14,16H2,1-4H3,(H,22,24)(H,23,26). The number of carbonyl (C=O) groups excluding carboxylic acids is 1. The zero-order valence-electron chi connectivity index (χ0n) is 16.5. The number of nitrogens with zero attached hydrogens (tertiary/aromatic N) is 2. The SMILES string of the molecule is CCNC(=O)C(C)(C)CNC(=NC)N1CCC(=Cc2ccccc2)CC1. The maximum atomic E-state index is 12.1. The molecule has 1 heterocycles. The Morgan fingerprint density at radius 2 is 1.85 bits per heavy atom. The molecule has 0 aromatic heterocycles. The summed E-state index contributed by atoms with van der Waals surface area (Å²) in [7, 11) is 1.80. The number of piperidine rings is 1. The molecule has 2 N–H and O–H groups in total. The monoisotopic (exact) mass is 356 g/mol. The van der Waals surface area contributed by atoms with Crippen LogP contribution in [-0.2, 0) is 4.79 Å². The van der Waals surface area contributed by atoms with E-state index in [0.29, 0.717) is 13.1 Å². The molecule has 0 bridgehead atoms. The fourth-order valence-corrected chi connectivity index (χ4v) is 3.05. The summed E-state index contributed by atoms with van der Waals surface area (Å²) in [6.45, 7) is 8.95. The van der Waals surface area contributed by atoms with Crippen molar-refractivity contribution in [2.24, 2.45) is 10.4 Å². The number of amides is 1. The van der Waals surface area contributed by atoms with Crippen LogP contribution < -0.4 is 10.6 Å². The molecule has 0 atom stereocenters. The number of rotatable bonds is 5. The molecule has 1 aromatic rings. The summed E-state index contributed by atoms with van der Waals surface area (Å²) < 4.78 is 0. The molecule has 1 saturated heterocycles. The van der Waals surface area contributed by atoms with Crippen molar-refractivity contribution in [2.45, 2.75) is 33.6 Å². The molecule has 1 aliphatic rings. The Morgan fingerprint density at radius 1 is 1.19 bits per heavy atom. The lowest BCUT2D eigenvalue weighted by atomic mass is 9.92. The van der Waals surface area contributed by atoms with Gasteiger partial charge in [-0.2, -0.15) is 0 Å². The van der Waals surface area contributed by atoms with Crippen LogP contribution in [0.4, 0.5) is 0 Å². The maximum Gasteiger partial charge on any atom is 0.227 e. The van der Waals surface area contributed by atoms with Crippen LogP contribution in [0.25, 0.3) is 6.08 Å². The highest BCUT2D eigenvalue weighted by Gasteiger charge is 2.28. The predicted octanol–water partition coefficient (Wildman–Crippen LogP) is 2.90. The lowest BCUT2D eigenvalue weighted by Gasteiger charge is -2.33. The van der Waals surface area contributed by atoms with Gasteiger partial charge in [0.25, 0.3) is 0 Å². The molecule has 1 fully saturated rings. The molecular formula is C21H32N4O. The van der Waals surface area contributed by atoms with Crippen LogP contribution >= 0.6 is 0 Å². The normalized spacial score (nSPS) is 15.6. The molecule has 5 nitrogen and oxygen atoms in total. The summed E-state index contributed by atoms with van der Waals surface area (Å²) in [5.41, 5.74) is 2.27. The van der Waals surface area contributed by atoms with Crippen LogP contribution in [0.1, 0.15) is 39.2 Å². The molecule has 5 heteroatoms. The molecule has 0 radical (unpaired) electrons. The van der Waals surface area contributed by atoms with Gasteiger partial charge in [-0.05, 0) is 39.2 Å². The van der Waals surface area contributed by atoms with Crippen LogP contribution in [0.2, 0.25) is 0 Å². The second kappa shape index (κ2) is 9.41. The number of hydrogen-bond donors (Lipinski definition) is 2. The molecule has 2 rings (SSSR count). The third-order valence-corrected chi connectivity index (χ3v) is 4.73. The summed E-state index contributed by atoms with van der Waals surface area (Å²) >= 11 is 0. The van der Waals surface area contributed by atoms with E-state index in [2.05, 4.69) is 50.9 Å². The van der Waals surface area contributed by atoms with Gasteiger partial charge in [-0.3, -0.25) is 9.79 Å². The quantitative estimate of drug-likeness (QED) is 0.630. The van der Waals surface area contributed by atoms with Crippen molar-refractivity contribution in [2.75, 3.05) is 33.2 Å². The molecule has 0 spiro atoms. The van der Waals surface area contributed by atoms with Crippen LogP contribution in [0.5, 0.6) is 0 Å². The lowest BCUT2D eigenvalue weighted by Crippen LogP contribution is -2.50. The van der Waals surface area contributed by atoms with Crippen molar-refractivity contribution < 1.29 is 4.79 Å². The number of hydrogen-bond acceptors (Lipinski definition) is 2. The Morgan fingerprint density at radius 3 is 2.42 bits per heavy atom. The van der Waals surface area contributed by atoms with Crippen molar-refractivity contribution in [3.63, 3.8) is 0 Å². The van der Waals surface area contributed by atoms with E-state index in [1.165, 1.54) is 11.1 Å². The highest BCUT2D eigenvalue weighted by atomic mass is 16.2. The highest BCUT2D eigenvalue weighted by Crippen LogP contribution is 2.20. The zero-order chi connectivity index (χ0) is 19.0. The van der Waals surface area contributed by atoms with Gasteiger partial charge >= 0.3 is 0 Å². The van der Waals surface area contributed by atoms with E-state index in [4.69, 9.17) is 0 Å². The minimum Gasteiger partial charge on any atom is -0.356 e. The molecule has 1 aliphatic heterocycles. The van der Waals surface area contributed by atoms with E-state index < -0.39 is 5.41 Å². The van der Waals surface area contributed by atoms with Crippen molar-refractivity contribution >= 4 is 17.9 Å². The number of carbonyl (C=O) groups is 1.